The lowest BCUT2D eigenvalue weighted by Crippen LogP contribution is -2.44. The summed E-state index contributed by atoms with van der Waals surface area (Å²) in [6, 6.07) is 5.74. The van der Waals surface area contributed by atoms with E-state index in [0.717, 1.165) is 29.8 Å². The normalized spacial score (nSPS) is 23.5. The van der Waals surface area contributed by atoms with Crippen molar-refractivity contribution in [1.29, 1.82) is 0 Å². The fraction of sp³-hybridized carbons (Fsp3) is 0.393. The topological polar surface area (TPSA) is 114 Å². The van der Waals surface area contributed by atoms with Crippen LogP contribution in [0.4, 0.5) is 24.5 Å². The second-order valence-corrected chi connectivity index (χ2v) is 10.1. The number of hydrogen-bond acceptors (Lipinski definition) is 7. The summed E-state index contributed by atoms with van der Waals surface area (Å²) < 4.78 is 50.3. The molecule has 4 N–H and O–H groups in total. The molecule has 11 heteroatoms. The van der Waals surface area contributed by atoms with E-state index in [1.54, 1.807) is 17.2 Å². The van der Waals surface area contributed by atoms with E-state index in [2.05, 4.69) is 15.3 Å². The van der Waals surface area contributed by atoms with Crippen molar-refractivity contribution in [1.82, 2.24) is 9.97 Å². The minimum absolute atomic E-state index is 0.0263. The van der Waals surface area contributed by atoms with Gasteiger partial charge in [-0.2, -0.15) is 0 Å². The van der Waals surface area contributed by atoms with Crippen LogP contribution in [0.15, 0.2) is 42.7 Å². The number of benzene rings is 1. The molecule has 3 heterocycles. The third-order valence-corrected chi connectivity index (χ3v) is 7.50. The van der Waals surface area contributed by atoms with Crippen LogP contribution in [-0.4, -0.2) is 59.4 Å². The Labute approximate surface area is 224 Å². The van der Waals surface area contributed by atoms with Crippen LogP contribution in [0.5, 0.6) is 0 Å². The SMILES string of the molecule is C[C@H]1C[C@@H](c2ccncc2NC(=O)c2ccc(F)c(-c3c(F)cc(N4CCOCC4)cc3F)n2)C[C@@H](N)[C@@H]1O. The number of pyridine rings is 2. The van der Waals surface area contributed by atoms with Crippen molar-refractivity contribution in [3.63, 3.8) is 0 Å². The zero-order chi connectivity index (χ0) is 27.7. The lowest BCUT2D eigenvalue weighted by Gasteiger charge is -2.36. The smallest absolute Gasteiger partial charge is 0.274 e. The number of nitrogens with two attached hydrogens (primary N) is 1. The molecule has 2 fully saturated rings. The van der Waals surface area contributed by atoms with Gasteiger partial charge in [0, 0.05) is 31.0 Å². The van der Waals surface area contributed by atoms with Gasteiger partial charge in [0.05, 0.1) is 36.8 Å². The molecule has 0 bridgehead atoms. The summed E-state index contributed by atoms with van der Waals surface area (Å²) in [6.07, 6.45) is 3.68. The number of amides is 1. The Balaban J connectivity index is 1.41. The number of hydrogen-bond donors (Lipinski definition) is 3. The van der Waals surface area contributed by atoms with Crippen molar-refractivity contribution in [3.05, 3.63) is 71.4 Å². The third-order valence-electron chi connectivity index (χ3n) is 7.50. The Bertz CT molecular complexity index is 1330. The van der Waals surface area contributed by atoms with Crippen molar-refractivity contribution >= 4 is 17.3 Å². The molecule has 8 nitrogen and oxygen atoms in total. The van der Waals surface area contributed by atoms with Crippen LogP contribution < -0.4 is 16.0 Å². The van der Waals surface area contributed by atoms with Gasteiger partial charge in [-0.15, -0.1) is 0 Å². The van der Waals surface area contributed by atoms with Crippen molar-refractivity contribution in [2.24, 2.45) is 11.7 Å². The van der Waals surface area contributed by atoms with E-state index in [0.29, 0.717) is 50.5 Å². The predicted molar refractivity (Wildman–Crippen MR) is 140 cm³/mol. The van der Waals surface area contributed by atoms with Crippen LogP contribution in [-0.2, 0) is 4.74 Å². The molecule has 39 heavy (non-hydrogen) atoms. The van der Waals surface area contributed by atoms with Crippen molar-refractivity contribution in [2.75, 3.05) is 36.5 Å². The highest BCUT2D eigenvalue weighted by atomic mass is 19.1. The number of aliphatic hydroxyl groups is 1. The highest BCUT2D eigenvalue weighted by Gasteiger charge is 2.34. The number of nitrogens with zero attached hydrogens (tertiary/aromatic N) is 3. The maximum absolute atomic E-state index is 15.1. The highest BCUT2D eigenvalue weighted by molar-refractivity contribution is 6.03. The van der Waals surface area contributed by atoms with E-state index in [9.17, 15) is 14.3 Å². The number of nitrogens with one attached hydrogen (secondary N) is 1. The molecule has 1 aliphatic heterocycles. The van der Waals surface area contributed by atoms with E-state index >= 15 is 8.78 Å². The van der Waals surface area contributed by atoms with Crippen molar-refractivity contribution in [2.45, 2.75) is 37.8 Å². The summed E-state index contributed by atoms with van der Waals surface area (Å²) in [7, 11) is 0. The van der Waals surface area contributed by atoms with Gasteiger partial charge >= 0.3 is 0 Å². The molecule has 2 aliphatic rings. The van der Waals surface area contributed by atoms with Gasteiger partial charge in [-0.1, -0.05) is 6.92 Å². The Morgan fingerprint density at radius 1 is 1.10 bits per heavy atom. The molecule has 1 saturated carbocycles. The summed E-state index contributed by atoms with van der Waals surface area (Å²) in [6.45, 7) is 3.75. The Kier molecular flexibility index (Phi) is 7.83. The quantitative estimate of drug-likeness (QED) is 0.450. The largest absolute Gasteiger partial charge is 0.391 e. The molecule has 4 atom stereocenters. The van der Waals surface area contributed by atoms with Gasteiger partial charge < -0.3 is 25.8 Å². The summed E-state index contributed by atoms with van der Waals surface area (Å²) in [4.78, 5) is 23.0. The lowest BCUT2D eigenvalue weighted by molar-refractivity contribution is 0.0521. The number of halogens is 3. The van der Waals surface area contributed by atoms with Gasteiger partial charge in [0.25, 0.3) is 5.91 Å². The molecular weight excluding hydrogens is 511 g/mol. The standard InChI is InChI=1S/C28H30F3N5O3/c1-15-10-16(11-22(32)27(15)37)18-4-5-33-14-24(18)35-28(38)23-3-2-19(29)26(34-23)25-20(30)12-17(13-21(25)31)36-6-8-39-9-7-36/h2-5,12-16,22,27,37H,6-11,32H2,1H3,(H,35,38)/t15-,16+,22+,27+/m0/s1. The average molecular weight is 542 g/mol. The molecule has 0 spiro atoms. The average Bonchev–Trinajstić information content (AvgIpc) is 2.92. The molecule has 1 aromatic carbocycles. The molecular formula is C28H30F3N5O3. The van der Waals surface area contributed by atoms with Crippen LogP contribution in [0, 0.1) is 23.4 Å². The molecule has 206 valence electrons. The Morgan fingerprint density at radius 2 is 1.82 bits per heavy atom. The van der Waals surface area contributed by atoms with Crippen molar-refractivity contribution < 1.29 is 27.8 Å². The van der Waals surface area contributed by atoms with Gasteiger partial charge in [-0.05, 0) is 60.6 Å². The fourth-order valence-corrected chi connectivity index (χ4v) is 5.41. The molecule has 3 aromatic rings. The number of aromatic nitrogens is 2. The van der Waals surface area contributed by atoms with E-state index in [4.69, 9.17) is 10.5 Å². The van der Waals surface area contributed by atoms with E-state index in [1.807, 2.05) is 6.92 Å². The summed E-state index contributed by atoms with van der Waals surface area (Å²) in [5.74, 6) is -3.68. The first-order valence-corrected chi connectivity index (χ1v) is 12.9. The monoisotopic (exact) mass is 541 g/mol. The van der Waals surface area contributed by atoms with Gasteiger partial charge in [-0.25, -0.2) is 18.2 Å². The summed E-state index contributed by atoms with van der Waals surface area (Å²) in [5, 5.41) is 13.0. The van der Waals surface area contributed by atoms with E-state index < -0.39 is 46.8 Å². The number of ether oxygens (including phenoxy) is 1. The highest BCUT2D eigenvalue weighted by Crippen LogP contribution is 2.39. The molecule has 5 rings (SSSR count). The third kappa shape index (κ3) is 5.61. The molecule has 1 saturated heterocycles. The van der Waals surface area contributed by atoms with E-state index in [-0.39, 0.29) is 17.5 Å². The maximum atomic E-state index is 15.1. The zero-order valence-corrected chi connectivity index (χ0v) is 21.4. The fourth-order valence-electron chi connectivity index (χ4n) is 5.41. The van der Waals surface area contributed by atoms with Gasteiger partial charge in [-0.3, -0.25) is 9.78 Å². The van der Waals surface area contributed by atoms with Crippen LogP contribution in [0.1, 0.15) is 41.7 Å². The lowest BCUT2D eigenvalue weighted by atomic mass is 9.74. The second kappa shape index (κ2) is 11.3. The van der Waals surface area contributed by atoms with Crippen LogP contribution in [0.2, 0.25) is 0 Å². The number of rotatable bonds is 5. The Morgan fingerprint density at radius 3 is 2.51 bits per heavy atom. The van der Waals surface area contributed by atoms with Gasteiger partial charge in [0.1, 0.15) is 28.8 Å². The number of morpholine rings is 1. The summed E-state index contributed by atoms with van der Waals surface area (Å²) in [5.41, 5.74) is 6.20. The van der Waals surface area contributed by atoms with Crippen LogP contribution in [0.25, 0.3) is 11.3 Å². The first-order chi connectivity index (χ1) is 18.7. The van der Waals surface area contributed by atoms with Crippen LogP contribution in [0.3, 0.4) is 0 Å². The predicted octanol–water partition coefficient (Wildman–Crippen LogP) is 3.85. The minimum atomic E-state index is -0.986. The summed E-state index contributed by atoms with van der Waals surface area (Å²) >= 11 is 0. The number of carbonyl (C=O) groups is 1. The Hall–Kier alpha value is -3.54. The number of aliphatic hydroxyl groups excluding tert-OH is 1. The molecule has 1 aliphatic carbocycles. The van der Waals surface area contributed by atoms with Crippen LogP contribution >= 0.6 is 0 Å². The second-order valence-electron chi connectivity index (χ2n) is 10.1. The molecule has 0 unspecified atom stereocenters. The molecule has 2 aromatic heterocycles. The molecule has 0 radical (unpaired) electrons. The maximum Gasteiger partial charge on any atom is 0.274 e. The first-order valence-electron chi connectivity index (χ1n) is 12.9. The number of anilines is 2. The number of carbonyl (C=O) groups excluding carboxylic acids is 1. The minimum Gasteiger partial charge on any atom is -0.391 e. The molecule has 1 amide bonds. The van der Waals surface area contributed by atoms with Gasteiger partial charge in [0.15, 0.2) is 0 Å². The zero-order valence-electron chi connectivity index (χ0n) is 21.4. The van der Waals surface area contributed by atoms with Crippen molar-refractivity contribution in [3.8, 4) is 11.3 Å². The first kappa shape index (κ1) is 27.0. The van der Waals surface area contributed by atoms with Gasteiger partial charge in [0.2, 0.25) is 0 Å². The van der Waals surface area contributed by atoms with E-state index in [1.165, 1.54) is 6.20 Å².